The van der Waals surface area contributed by atoms with E-state index in [1.54, 1.807) is 24.1 Å². The summed E-state index contributed by atoms with van der Waals surface area (Å²) in [6.45, 7) is 8.28. The van der Waals surface area contributed by atoms with Gasteiger partial charge in [0.1, 0.15) is 11.4 Å². The smallest absolute Gasteiger partial charge is 0.410 e. The highest BCUT2D eigenvalue weighted by Crippen LogP contribution is 2.34. The summed E-state index contributed by atoms with van der Waals surface area (Å²) in [6, 6.07) is 3.05. The Labute approximate surface area is 219 Å². The number of halogens is 2. The first-order valence-electron chi connectivity index (χ1n) is 12.8. The molecule has 11 nitrogen and oxygen atoms in total. The van der Waals surface area contributed by atoms with Crippen LogP contribution in [0.25, 0.3) is 5.95 Å². The molecule has 1 amide bonds. The fraction of sp³-hybridized carbons (Fsp3) is 0.640. The maximum atomic E-state index is 13.6. The van der Waals surface area contributed by atoms with E-state index in [0.717, 1.165) is 0 Å². The van der Waals surface area contributed by atoms with Gasteiger partial charge < -0.3 is 24.4 Å². The number of anilines is 1. The van der Waals surface area contributed by atoms with Gasteiger partial charge in [-0.05, 0) is 46.6 Å². The molecule has 1 saturated carbocycles. The van der Waals surface area contributed by atoms with Gasteiger partial charge in [-0.1, -0.05) is 0 Å². The zero-order valence-corrected chi connectivity index (χ0v) is 22.1. The lowest BCUT2D eigenvalue weighted by Crippen LogP contribution is -2.55. The highest BCUT2D eigenvalue weighted by atomic mass is 19.3. The van der Waals surface area contributed by atoms with E-state index >= 15 is 0 Å². The summed E-state index contributed by atoms with van der Waals surface area (Å²) in [5.41, 5.74) is 0.0675. The van der Waals surface area contributed by atoms with E-state index in [9.17, 15) is 18.4 Å². The van der Waals surface area contributed by atoms with E-state index in [0.29, 0.717) is 37.4 Å². The van der Waals surface area contributed by atoms with E-state index in [4.69, 9.17) is 14.2 Å². The molecule has 2 fully saturated rings. The van der Waals surface area contributed by atoms with E-state index in [1.807, 2.05) is 20.8 Å². The van der Waals surface area contributed by atoms with Crippen LogP contribution in [-0.2, 0) is 20.8 Å². The minimum Gasteiger partial charge on any atom is -0.461 e. The van der Waals surface area contributed by atoms with Crippen LogP contribution in [0.4, 0.5) is 19.4 Å². The molecule has 2 aliphatic rings. The molecule has 208 valence electrons. The maximum Gasteiger partial charge on any atom is 0.410 e. The molecule has 1 aliphatic carbocycles. The van der Waals surface area contributed by atoms with Crippen molar-refractivity contribution in [3.05, 3.63) is 29.7 Å². The SMILES string of the molecule is CCOC(=O)c1ccn(-c2nc(COC3CN(C(=O)OC(C)(C)C)C3)cc(NC3CCC(F)(F)CC3)n2)n1. The number of nitrogens with zero attached hydrogens (tertiary/aromatic N) is 5. The van der Waals surface area contributed by atoms with E-state index in [1.165, 1.54) is 10.7 Å². The third-order valence-electron chi connectivity index (χ3n) is 6.08. The van der Waals surface area contributed by atoms with Crippen LogP contribution in [0.3, 0.4) is 0 Å². The lowest BCUT2D eigenvalue weighted by atomic mass is 9.92. The van der Waals surface area contributed by atoms with Crippen molar-refractivity contribution in [1.82, 2.24) is 24.6 Å². The standard InChI is InChI=1S/C25H34F2N6O5/c1-5-36-21(34)19-8-11-33(31-19)22-29-17(12-20(30-22)28-16-6-9-25(26,27)10-7-16)15-37-18-13-32(14-18)23(35)38-24(2,3)4/h8,11-12,16,18H,5-7,9-10,13-15H2,1-4H3,(H,28,29,30). The van der Waals surface area contributed by atoms with Crippen LogP contribution >= 0.6 is 0 Å². The van der Waals surface area contributed by atoms with Gasteiger partial charge in [0.15, 0.2) is 5.69 Å². The Morgan fingerprint density at radius 3 is 2.55 bits per heavy atom. The van der Waals surface area contributed by atoms with E-state index in [2.05, 4.69) is 20.4 Å². The predicted molar refractivity (Wildman–Crippen MR) is 132 cm³/mol. The minimum atomic E-state index is -2.64. The minimum absolute atomic E-state index is 0.109. The van der Waals surface area contributed by atoms with Crippen molar-refractivity contribution in [2.75, 3.05) is 25.0 Å². The average Bonchev–Trinajstić information content (AvgIpc) is 3.29. The van der Waals surface area contributed by atoms with Crippen LogP contribution in [-0.4, -0.2) is 80.1 Å². The largest absolute Gasteiger partial charge is 0.461 e. The number of carbonyl (C=O) groups excluding carboxylic acids is 2. The van der Waals surface area contributed by atoms with Gasteiger partial charge in [-0.2, -0.15) is 10.1 Å². The summed E-state index contributed by atoms with van der Waals surface area (Å²) >= 11 is 0. The third kappa shape index (κ3) is 7.36. The number of alkyl halides is 2. The first kappa shape index (κ1) is 27.7. The van der Waals surface area contributed by atoms with Crippen molar-refractivity contribution in [3.63, 3.8) is 0 Å². The molecule has 0 atom stereocenters. The van der Waals surface area contributed by atoms with Gasteiger partial charge in [0.25, 0.3) is 5.95 Å². The molecular formula is C25H34F2N6O5. The van der Waals surface area contributed by atoms with Crippen LogP contribution in [0, 0.1) is 0 Å². The monoisotopic (exact) mass is 536 g/mol. The Hall–Kier alpha value is -3.35. The number of aromatic nitrogens is 4. The zero-order chi connectivity index (χ0) is 27.5. The molecule has 1 saturated heterocycles. The van der Waals surface area contributed by atoms with Crippen molar-refractivity contribution >= 4 is 17.9 Å². The number of ether oxygens (including phenoxy) is 3. The van der Waals surface area contributed by atoms with Crippen LogP contribution in [0.2, 0.25) is 0 Å². The molecule has 0 radical (unpaired) electrons. The lowest BCUT2D eigenvalue weighted by molar-refractivity contribution is -0.0698. The van der Waals surface area contributed by atoms with Crippen LogP contribution < -0.4 is 5.32 Å². The summed E-state index contributed by atoms with van der Waals surface area (Å²) in [5, 5.41) is 7.46. The topological polar surface area (TPSA) is 121 Å². The molecule has 2 aromatic rings. The van der Waals surface area contributed by atoms with Gasteiger partial charge in [0, 0.05) is 31.1 Å². The highest BCUT2D eigenvalue weighted by Gasteiger charge is 2.36. The number of carbonyl (C=O) groups is 2. The van der Waals surface area contributed by atoms with Gasteiger partial charge in [0.05, 0.1) is 38.1 Å². The number of hydrogen-bond acceptors (Lipinski definition) is 9. The van der Waals surface area contributed by atoms with Crippen molar-refractivity contribution in [1.29, 1.82) is 0 Å². The number of likely N-dealkylation sites (tertiary alicyclic amines) is 1. The second kappa shape index (κ2) is 11.2. The summed E-state index contributed by atoms with van der Waals surface area (Å²) in [7, 11) is 0. The zero-order valence-electron chi connectivity index (χ0n) is 22.1. The van der Waals surface area contributed by atoms with Gasteiger partial charge in [0.2, 0.25) is 5.92 Å². The maximum absolute atomic E-state index is 13.6. The number of hydrogen-bond donors (Lipinski definition) is 1. The number of esters is 1. The Bertz CT molecular complexity index is 1140. The Morgan fingerprint density at radius 1 is 1.18 bits per heavy atom. The molecule has 38 heavy (non-hydrogen) atoms. The fourth-order valence-corrected chi connectivity index (χ4v) is 4.10. The number of amides is 1. The third-order valence-corrected chi connectivity index (χ3v) is 6.08. The molecule has 4 rings (SSSR count). The van der Waals surface area contributed by atoms with Crippen molar-refractivity contribution in [2.24, 2.45) is 0 Å². The molecule has 13 heteroatoms. The predicted octanol–water partition coefficient (Wildman–Crippen LogP) is 3.96. The molecule has 0 aromatic carbocycles. The normalized spacial score (nSPS) is 18.1. The van der Waals surface area contributed by atoms with Crippen molar-refractivity contribution in [3.8, 4) is 5.95 Å². The Kier molecular flexibility index (Phi) is 8.14. The molecule has 0 spiro atoms. The Balaban J connectivity index is 1.44. The highest BCUT2D eigenvalue weighted by molar-refractivity contribution is 5.87. The van der Waals surface area contributed by atoms with Gasteiger partial charge in [-0.3, -0.25) is 0 Å². The van der Waals surface area contributed by atoms with Gasteiger partial charge in [-0.15, -0.1) is 0 Å². The van der Waals surface area contributed by atoms with Crippen LogP contribution in [0.5, 0.6) is 0 Å². The molecule has 0 unspecified atom stereocenters. The molecule has 1 N–H and O–H groups in total. The molecule has 0 bridgehead atoms. The summed E-state index contributed by atoms with van der Waals surface area (Å²) in [4.78, 5) is 34.8. The molecular weight excluding hydrogens is 502 g/mol. The first-order chi connectivity index (χ1) is 17.9. The van der Waals surface area contributed by atoms with E-state index in [-0.39, 0.29) is 55.9 Å². The molecule has 3 heterocycles. The lowest BCUT2D eigenvalue weighted by Gasteiger charge is -2.39. The first-order valence-corrected chi connectivity index (χ1v) is 12.8. The number of rotatable bonds is 8. The second-order valence-electron chi connectivity index (χ2n) is 10.5. The van der Waals surface area contributed by atoms with Crippen LogP contribution in [0.1, 0.15) is 69.6 Å². The summed E-state index contributed by atoms with van der Waals surface area (Å²) in [6.07, 6.45) is 1.24. The van der Waals surface area contributed by atoms with Gasteiger partial charge in [-0.25, -0.2) is 28.0 Å². The quantitative estimate of drug-likeness (QED) is 0.500. The fourth-order valence-electron chi connectivity index (χ4n) is 4.10. The second-order valence-corrected chi connectivity index (χ2v) is 10.5. The molecule has 1 aliphatic heterocycles. The summed E-state index contributed by atoms with van der Waals surface area (Å²) in [5.74, 6) is -2.57. The van der Waals surface area contributed by atoms with Crippen molar-refractivity contribution < 1.29 is 32.6 Å². The average molecular weight is 537 g/mol. The van der Waals surface area contributed by atoms with Crippen molar-refractivity contribution in [2.45, 2.75) is 83.7 Å². The Morgan fingerprint density at radius 2 is 1.89 bits per heavy atom. The number of nitrogens with one attached hydrogen (secondary N) is 1. The van der Waals surface area contributed by atoms with E-state index < -0.39 is 17.5 Å². The van der Waals surface area contributed by atoms with Gasteiger partial charge >= 0.3 is 12.1 Å². The van der Waals surface area contributed by atoms with Crippen LogP contribution in [0.15, 0.2) is 18.3 Å². The summed E-state index contributed by atoms with van der Waals surface area (Å²) < 4.78 is 44.9. The molecule has 2 aromatic heterocycles.